The monoisotopic (exact) mass is 278 g/mol. The van der Waals surface area contributed by atoms with Gasteiger partial charge < -0.3 is 10.6 Å². The van der Waals surface area contributed by atoms with E-state index in [-0.39, 0.29) is 17.9 Å². The minimum Gasteiger partial charge on any atom is -0.341 e. The highest BCUT2D eigenvalue weighted by Crippen LogP contribution is 2.19. The molecule has 2 unspecified atom stereocenters. The van der Waals surface area contributed by atoms with Crippen molar-refractivity contribution in [2.75, 3.05) is 13.1 Å². The molecule has 2 rings (SSSR count). The van der Waals surface area contributed by atoms with Gasteiger partial charge >= 0.3 is 0 Å². The maximum atomic E-state index is 12.5. The fraction of sp³-hybridized carbons (Fsp3) is 0.733. The number of piperidine rings is 1. The van der Waals surface area contributed by atoms with Crippen LogP contribution in [0, 0.1) is 19.8 Å². The number of carbonyl (C=O) groups is 1. The fourth-order valence-electron chi connectivity index (χ4n) is 3.03. The molecule has 2 N–H and O–H groups in total. The lowest BCUT2D eigenvalue weighted by molar-refractivity contribution is -0.136. The second kappa shape index (κ2) is 5.95. The molecule has 0 aromatic carbocycles. The number of carbonyl (C=O) groups excluding carboxylic acids is 1. The van der Waals surface area contributed by atoms with E-state index in [2.05, 4.69) is 12.0 Å². The number of hydrogen-bond donors (Lipinski definition) is 1. The van der Waals surface area contributed by atoms with E-state index >= 15 is 0 Å². The SMILES string of the molecule is Cc1nn(C)c(C)c1CC(C)C(=O)N1CCCC(N)C1. The topological polar surface area (TPSA) is 64.2 Å². The molecule has 5 heteroatoms. The highest BCUT2D eigenvalue weighted by molar-refractivity contribution is 5.79. The Hall–Kier alpha value is -1.36. The number of nitrogens with zero attached hydrogens (tertiary/aromatic N) is 3. The van der Waals surface area contributed by atoms with E-state index in [1.54, 1.807) is 0 Å². The van der Waals surface area contributed by atoms with E-state index in [4.69, 9.17) is 5.73 Å². The van der Waals surface area contributed by atoms with E-state index < -0.39 is 0 Å². The molecule has 2 heterocycles. The maximum absolute atomic E-state index is 12.5. The number of likely N-dealkylation sites (tertiary alicyclic amines) is 1. The molecule has 2 atom stereocenters. The van der Waals surface area contributed by atoms with Crippen LogP contribution in [0.4, 0.5) is 0 Å². The third kappa shape index (κ3) is 3.03. The van der Waals surface area contributed by atoms with Crippen LogP contribution in [0.15, 0.2) is 0 Å². The lowest BCUT2D eigenvalue weighted by Crippen LogP contribution is -2.47. The molecule has 0 aliphatic carbocycles. The molecular formula is C15H26N4O. The van der Waals surface area contributed by atoms with Gasteiger partial charge in [-0.2, -0.15) is 5.10 Å². The second-order valence-corrected chi connectivity index (χ2v) is 6.06. The number of rotatable bonds is 3. The summed E-state index contributed by atoms with van der Waals surface area (Å²) in [6, 6.07) is 0.141. The molecule has 1 amide bonds. The van der Waals surface area contributed by atoms with Gasteiger partial charge in [0.25, 0.3) is 0 Å². The molecule has 0 bridgehead atoms. The predicted molar refractivity (Wildman–Crippen MR) is 79.3 cm³/mol. The third-order valence-corrected chi connectivity index (χ3v) is 4.36. The molecule has 1 fully saturated rings. The quantitative estimate of drug-likeness (QED) is 0.902. The summed E-state index contributed by atoms with van der Waals surface area (Å²) in [7, 11) is 1.95. The third-order valence-electron chi connectivity index (χ3n) is 4.36. The van der Waals surface area contributed by atoms with Crippen LogP contribution >= 0.6 is 0 Å². The van der Waals surface area contributed by atoms with Crippen LogP contribution < -0.4 is 5.73 Å². The Kier molecular flexibility index (Phi) is 4.48. The molecule has 0 radical (unpaired) electrons. The summed E-state index contributed by atoms with van der Waals surface area (Å²) in [5.41, 5.74) is 9.34. The Morgan fingerprint density at radius 2 is 2.20 bits per heavy atom. The normalized spacial score (nSPS) is 21.1. The number of aromatic nitrogens is 2. The van der Waals surface area contributed by atoms with Crippen molar-refractivity contribution in [3.63, 3.8) is 0 Å². The molecule has 5 nitrogen and oxygen atoms in total. The second-order valence-electron chi connectivity index (χ2n) is 6.06. The van der Waals surface area contributed by atoms with Gasteiger partial charge in [-0.25, -0.2) is 0 Å². The van der Waals surface area contributed by atoms with Gasteiger partial charge in [-0.15, -0.1) is 0 Å². The van der Waals surface area contributed by atoms with Crippen molar-refractivity contribution in [1.82, 2.24) is 14.7 Å². The molecule has 20 heavy (non-hydrogen) atoms. The molecule has 1 aliphatic rings. The Labute approximate surface area is 121 Å². The summed E-state index contributed by atoms with van der Waals surface area (Å²) in [5.74, 6) is 0.213. The van der Waals surface area contributed by atoms with Crippen LogP contribution in [0.2, 0.25) is 0 Å². The van der Waals surface area contributed by atoms with Gasteiger partial charge in [0.2, 0.25) is 5.91 Å². The smallest absolute Gasteiger partial charge is 0.225 e. The minimum atomic E-state index is -0.0121. The Morgan fingerprint density at radius 3 is 2.75 bits per heavy atom. The van der Waals surface area contributed by atoms with Gasteiger partial charge in [-0.3, -0.25) is 9.48 Å². The highest BCUT2D eigenvalue weighted by Gasteiger charge is 2.26. The number of amides is 1. The van der Waals surface area contributed by atoms with E-state index in [9.17, 15) is 4.79 Å². The van der Waals surface area contributed by atoms with E-state index in [1.807, 2.05) is 30.5 Å². The zero-order chi connectivity index (χ0) is 14.9. The van der Waals surface area contributed by atoms with Gasteiger partial charge in [0.15, 0.2) is 0 Å². The molecule has 0 saturated carbocycles. The summed E-state index contributed by atoms with van der Waals surface area (Å²) >= 11 is 0. The Balaban J connectivity index is 2.04. The average molecular weight is 278 g/mol. The van der Waals surface area contributed by atoms with Crippen LogP contribution in [0.25, 0.3) is 0 Å². The first-order valence-electron chi connectivity index (χ1n) is 7.43. The largest absolute Gasteiger partial charge is 0.341 e. The molecule has 1 aromatic rings. The van der Waals surface area contributed by atoms with Crippen LogP contribution in [0.3, 0.4) is 0 Å². The van der Waals surface area contributed by atoms with Gasteiger partial charge in [-0.05, 0) is 38.7 Å². The molecular weight excluding hydrogens is 252 g/mol. The standard InChI is InChI=1S/C15H26N4O/c1-10(8-14-11(2)17-18(4)12(14)3)15(20)19-7-5-6-13(16)9-19/h10,13H,5-9,16H2,1-4H3. The Morgan fingerprint density at radius 1 is 1.50 bits per heavy atom. The first-order chi connectivity index (χ1) is 9.40. The number of hydrogen-bond acceptors (Lipinski definition) is 3. The van der Waals surface area contributed by atoms with E-state index in [1.165, 1.54) is 5.56 Å². The lowest BCUT2D eigenvalue weighted by Gasteiger charge is -2.32. The lowest BCUT2D eigenvalue weighted by atomic mass is 9.96. The van der Waals surface area contributed by atoms with Crippen LogP contribution in [-0.2, 0) is 18.3 Å². The van der Waals surface area contributed by atoms with E-state index in [0.29, 0.717) is 6.54 Å². The van der Waals surface area contributed by atoms with Gasteiger partial charge in [0.1, 0.15) is 0 Å². The number of aryl methyl sites for hydroxylation is 2. The molecule has 112 valence electrons. The summed E-state index contributed by atoms with van der Waals surface area (Å²) in [4.78, 5) is 14.5. The first kappa shape index (κ1) is 15.0. The van der Waals surface area contributed by atoms with Gasteiger partial charge in [0, 0.05) is 37.8 Å². The van der Waals surface area contributed by atoms with Crippen molar-refractivity contribution in [2.45, 2.75) is 46.1 Å². The summed E-state index contributed by atoms with van der Waals surface area (Å²) in [5, 5.41) is 4.42. The van der Waals surface area contributed by atoms with Crippen LogP contribution in [0.1, 0.15) is 36.7 Å². The van der Waals surface area contributed by atoms with Crippen molar-refractivity contribution in [2.24, 2.45) is 18.7 Å². The zero-order valence-electron chi connectivity index (χ0n) is 13.0. The van der Waals surface area contributed by atoms with Crippen molar-refractivity contribution in [3.05, 3.63) is 17.0 Å². The van der Waals surface area contributed by atoms with Crippen LogP contribution in [0.5, 0.6) is 0 Å². The summed E-state index contributed by atoms with van der Waals surface area (Å²) in [6.45, 7) is 7.63. The number of nitrogens with two attached hydrogens (primary N) is 1. The first-order valence-corrected chi connectivity index (χ1v) is 7.43. The predicted octanol–water partition coefficient (Wildman–Crippen LogP) is 1.17. The Bertz CT molecular complexity index is 494. The van der Waals surface area contributed by atoms with Crippen molar-refractivity contribution in [1.29, 1.82) is 0 Å². The van der Waals surface area contributed by atoms with Gasteiger partial charge in [0.05, 0.1) is 5.69 Å². The summed E-state index contributed by atoms with van der Waals surface area (Å²) in [6.07, 6.45) is 2.81. The fourth-order valence-corrected chi connectivity index (χ4v) is 3.03. The molecule has 1 aromatic heterocycles. The maximum Gasteiger partial charge on any atom is 0.225 e. The molecule has 1 saturated heterocycles. The average Bonchev–Trinajstić information content (AvgIpc) is 2.64. The zero-order valence-corrected chi connectivity index (χ0v) is 13.0. The highest BCUT2D eigenvalue weighted by atomic mass is 16.2. The minimum absolute atomic E-state index is 0.0121. The summed E-state index contributed by atoms with van der Waals surface area (Å²) < 4.78 is 1.89. The molecule has 1 aliphatic heterocycles. The van der Waals surface area contributed by atoms with E-state index in [0.717, 1.165) is 37.2 Å². The van der Waals surface area contributed by atoms with Crippen molar-refractivity contribution < 1.29 is 4.79 Å². The van der Waals surface area contributed by atoms with Gasteiger partial charge in [-0.1, -0.05) is 6.92 Å². The van der Waals surface area contributed by atoms with Crippen LogP contribution in [-0.4, -0.2) is 39.7 Å². The molecule has 0 spiro atoms. The van der Waals surface area contributed by atoms with Crippen molar-refractivity contribution >= 4 is 5.91 Å². The van der Waals surface area contributed by atoms with Crippen molar-refractivity contribution in [3.8, 4) is 0 Å².